The van der Waals surface area contributed by atoms with E-state index in [1.807, 2.05) is 6.08 Å². The highest BCUT2D eigenvalue weighted by atomic mass is 35.5. The van der Waals surface area contributed by atoms with Crippen LogP contribution in [-0.2, 0) is 6.42 Å². The average Bonchev–Trinajstić information content (AvgIpc) is 2.66. The van der Waals surface area contributed by atoms with E-state index in [1.54, 1.807) is 12.1 Å². The number of fused-ring (bicyclic) bond motifs is 1. The summed E-state index contributed by atoms with van der Waals surface area (Å²) in [6, 6.07) is 1.77. The van der Waals surface area contributed by atoms with Gasteiger partial charge in [0, 0.05) is 16.9 Å². The molecule has 0 spiro atoms. The molecule has 0 bridgehead atoms. The van der Waals surface area contributed by atoms with Crippen molar-refractivity contribution in [3.8, 4) is 5.75 Å². The van der Waals surface area contributed by atoms with Gasteiger partial charge >= 0.3 is 0 Å². The Hall–Kier alpha value is -1.97. The number of allylic oxidation sites excluding steroid dienone is 5. The Balaban J connectivity index is 2.57. The van der Waals surface area contributed by atoms with Crippen LogP contribution >= 0.6 is 24.2 Å². The largest absolute Gasteiger partial charge is 0.487 e. The zero-order valence-corrected chi connectivity index (χ0v) is 18.7. The minimum Gasteiger partial charge on any atom is -0.487 e. The standard InChI is InChI=1S/C25H29ClO2S/c1-5-20-15-23(28-16-19(4)29)25(26)21-13-17(2)11-9-7-6-8-10-12-18(3)14-22(27)24(20)21/h5,8-11,15,18,29H,1-2,4,6-7,12-14,16H2,3H3/b10-8+,11-9+/t18-/m1/s1. The van der Waals surface area contributed by atoms with E-state index in [-0.39, 0.29) is 18.3 Å². The number of benzene rings is 1. The molecule has 0 aromatic heterocycles. The molecule has 1 aromatic carbocycles. The average molecular weight is 429 g/mol. The Labute approximate surface area is 185 Å². The Morgan fingerprint density at radius 3 is 2.76 bits per heavy atom. The third-order valence-electron chi connectivity index (χ3n) is 4.75. The van der Waals surface area contributed by atoms with E-state index in [1.165, 1.54) is 0 Å². The van der Waals surface area contributed by atoms with Gasteiger partial charge in [-0.2, -0.15) is 0 Å². The lowest BCUT2D eigenvalue weighted by Gasteiger charge is -2.19. The lowest BCUT2D eigenvalue weighted by Crippen LogP contribution is -2.12. The zero-order chi connectivity index (χ0) is 21.4. The van der Waals surface area contributed by atoms with Gasteiger partial charge < -0.3 is 4.74 Å². The number of halogens is 1. The molecule has 0 fully saturated rings. The van der Waals surface area contributed by atoms with E-state index in [4.69, 9.17) is 16.3 Å². The lowest BCUT2D eigenvalue weighted by atomic mass is 9.88. The van der Waals surface area contributed by atoms with Crippen LogP contribution < -0.4 is 4.74 Å². The summed E-state index contributed by atoms with van der Waals surface area (Å²) in [4.78, 5) is 13.8. The first-order valence-corrected chi connectivity index (χ1v) is 10.7. The highest BCUT2D eigenvalue weighted by Gasteiger charge is 2.23. The van der Waals surface area contributed by atoms with Crippen molar-refractivity contribution in [3.63, 3.8) is 0 Å². The van der Waals surface area contributed by atoms with Crippen molar-refractivity contribution >= 4 is 36.1 Å². The number of ether oxygens (including phenoxy) is 1. The van der Waals surface area contributed by atoms with Crippen LogP contribution in [0, 0.1) is 5.92 Å². The van der Waals surface area contributed by atoms with Crippen molar-refractivity contribution in [1.82, 2.24) is 0 Å². The fraction of sp³-hybridized carbons (Fsp3) is 0.320. The molecule has 1 aliphatic carbocycles. The maximum atomic E-state index is 13.3. The number of thiol groups is 1. The second kappa shape index (κ2) is 11.3. The van der Waals surface area contributed by atoms with Gasteiger partial charge in [-0.15, -0.1) is 12.6 Å². The highest BCUT2D eigenvalue weighted by Crippen LogP contribution is 2.37. The third-order valence-corrected chi connectivity index (χ3v) is 5.29. The second-order valence-electron chi connectivity index (χ2n) is 7.44. The molecule has 2 nitrogen and oxygen atoms in total. The molecule has 1 aliphatic rings. The van der Waals surface area contributed by atoms with E-state index in [0.717, 1.165) is 36.0 Å². The highest BCUT2D eigenvalue weighted by molar-refractivity contribution is 7.84. The maximum Gasteiger partial charge on any atom is 0.164 e. The molecule has 0 saturated carbocycles. The van der Waals surface area contributed by atoms with Gasteiger partial charge in [0.25, 0.3) is 0 Å². The summed E-state index contributed by atoms with van der Waals surface area (Å²) in [5, 5.41) is 0.433. The summed E-state index contributed by atoms with van der Waals surface area (Å²) in [7, 11) is 0. The van der Waals surface area contributed by atoms with Crippen molar-refractivity contribution in [2.45, 2.75) is 39.0 Å². The van der Waals surface area contributed by atoms with Gasteiger partial charge in [-0.25, -0.2) is 0 Å². The molecule has 0 heterocycles. The van der Waals surface area contributed by atoms with Crippen molar-refractivity contribution < 1.29 is 9.53 Å². The molecule has 4 heteroatoms. The summed E-state index contributed by atoms with van der Waals surface area (Å²) in [6.07, 6.45) is 13.9. The molecule has 0 radical (unpaired) electrons. The molecular weight excluding hydrogens is 400 g/mol. The van der Waals surface area contributed by atoms with Crippen molar-refractivity contribution in [1.29, 1.82) is 0 Å². The van der Waals surface area contributed by atoms with E-state index < -0.39 is 0 Å². The second-order valence-corrected chi connectivity index (χ2v) is 8.46. The smallest absolute Gasteiger partial charge is 0.164 e. The van der Waals surface area contributed by atoms with Gasteiger partial charge in [0.15, 0.2) is 5.78 Å². The van der Waals surface area contributed by atoms with E-state index >= 15 is 0 Å². The van der Waals surface area contributed by atoms with Crippen LogP contribution in [0.25, 0.3) is 6.08 Å². The number of ketones is 1. The van der Waals surface area contributed by atoms with Crippen molar-refractivity contribution in [3.05, 3.63) is 82.3 Å². The number of hydrogen-bond donors (Lipinski definition) is 1. The van der Waals surface area contributed by atoms with E-state index in [0.29, 0.717) is 34.1 Å². The molecule has 29 heavy (non-hydrogen) atoms. The van der Waals surface area contributed by atoms with Crippen LogP contribution in [0.3, 0.4) is 0 Å². The Bertz CT molecular complexity index is 864. The van der Waals surface area contributed by atoms with E-state index in [9.17, 15) is 4.79 Å². The Kier molecular flexibility index (Phi) is 9.06. The van der Waals surface area contributed by atoms with Gasteiger partial charge in [0.2, 0.25) is 0 Å². The molecular formula is C25H29ClO2S. The molecule has 0 unspecified atom stereocenters. The minimum absolute atomic E-state index is 0.0664. The lowest BCUT2D eigenvalue weighted by molar-refractivity contribution is 0.0964. The van der Waals surface area contributed by atoms with Gasteiger partial charge in [0.1, 0.15) is 12.4 Å². The normalized spacial score (nSPS) is 20.3. The summed E-state index contributed by atoms with van der Waals surface area (Å²) in [6.45, 7) is 14.1. The molecule has 0 amide bonds. The first-order valence-electron chi connectivity index (χ1n) is 9.83. The molecule has 0 N–H and O–H groups in total. The number of hydrogen-bond acceptors (Lipinski definition) is 3. The fourth-order valence-electron chi connectivity index (χ4n) is 3.31. The van der Waals surface area contributed by atoms with Crippen molar-refractivity contribution in [2.75, 3.05) is 6.61 Å². The number of carbonyl (C=O) groups is 1. The van der Waals surface area contributed by atoms with Crippen LogP contribution in [0.4, 0.5) is 0 Å². The zero-order valence-electron chi connectivity index (χ0n) is 17.0. The summed E-state index contributed by atoms with van der Waals surface area (Å²) in [5.74, 6) is 0.807. The van der Waals surface area contributed by atoms with Crippen LogP contribution in [0.15, 0.2) is 60.6 Å². The third kappa shape index (κ3) is 6.80. The van der Waals surface area contributed by atoms with Crippen LogP contribution in [0.5, 0.6) is 5.75 Å². The predicted molar refractivity (Wildman–Crippen MR) is 128 cm³/mol. The molecule has 1 aromatic rings. The molecule has 1 atom stereocenters. The Morgan fingerprint density at radius 1 is 1.34 bits per heavy atom. The van der Waals surface area contributed by atoms with Gasteiger partial charge in [-0.05, 0) is 48.8 Å². The monoisotopic (exact) mass is 428 g/mol. The topological polar surface area (TPSA) is 26.3 Å². The summed E-state index contributed by atoms with van der Waals surface area (Å²) >= 11 is 10.9. The number of rotatable bonds is 4. The summed E-state index contributed by atoms with van der Waals surface area (Å²) < 4.78 is 5.78. The summed E-state index contributed by atoms with van der Waals surface area (Å²) in [5.41, 5.74) is 2.97. The van der Waals surface area contributed by atoms with Gasteiger partial charge in [0.05, 0.1) is 5.02 Å². The first-order chi connectivity index (χ1) is 13.8. The van der Waals surface area contributed by atoms with E-state index in [2.05, 4.69) is 57.5 Å². The quantitative estimate of drug-likeness (QED) is 0.399. The van der Waals surface area contributed by atoms with Crippen LogP contribution in [0.1, 0.15) is 54.1 Å². The van der Waals surface area contributed by atoms with Crippen molar-refractivity contribution in [2.24, 2.45) is 5.92 Å². The van der Waals surface area contributed by atoms with Gasteiger partial charge in [-0.3, -0.25) is 4.79 Å². The fourth-order valence-corrected chi connectivity index (χ4v) is 3.64. The molecule has 2 rings (SSSR count). The maximum absolute atomic E-state index is 13.3. The van der Waals surface area contributed by atoms with Gasteiger partial charge in [-0.1, -0.05) is 74.2 Å². The SMILES string of the molecule is C=Cc1cc(OCC(=C)S)c(Cl)c2c1C(=O)C[C@H](C)C/C=C/CC/C=C/C(=C)C2. The predicted octanol–water partition coefficient (Wildman–Crippen LogP) is 7.41. The minimum atomic E-state index is 0.0664. The van der Waals surface area contributed by atoms with Crippen LogP contribution in [-0.4, -0.2) is 12.4 Å². The Morgan fingerprint density at radius 2 is 2.07 bits per heavy atom. The first kappa shape index (κ1) is 23.3. The molecule has 154 valence electrons. The van der Waals surface area contributed by atoms with Crippen LogP contribution in [0.2, 0.25) is 5.02 Å². The molecule has 0 aliphatic heterocycles. The molecule has 0 saturated heterocycles. The number of Topliss-reactive ketones (excluding diaryl/α,β-unsaturated/α-hetero) is 1. The number of carbonyl (C=O) groups excluding carboxylic acids is 1.